The molecule has 1 saturated heterocycles. The first-order valence-corrected chi connectivity index (χ1v) is 6.11. The van der Waals surface area contributed by atoms with Gasteiger partial charge in [-0.1, -0.05) is 18.2 Å². The van der Waals surface area contributed by atoms with Gasteiger partial charge in [-0.25, -0.2) is 0 Å². The molecule has 0 aliphatic carbocycles. The molecular weight excluding hydrogens is 222 g/mol. The lowest BCUT2D eigenvalue weighted by Crippen LogP contribution is -2.22. The summed E-state index contributed by atoms with van der Waals surface area (Å²) in [5.41, 5.74) is 2.25. The molecule has 1 fully saturated rings. The van der Waals surface area contributed by atoms with Gasteiger partial charge in [0.15, 0.2) is 0 Å². The van der Waals surface area contributed by atoms with E-state index in [2.05, 4.69) is 23.2 Å². The second kappa shape index (κ2) is 4.11. The Balaban J connectivity index is 1.98. The molecule has 1 N–H and O–H groups in total. The van der Waals surface area contributed by atoms with Crippen LogP contribution >= 0.6 is 11.6 Å². The molecule has 16 heavy (non-hydrogen) atoms. The van der Waals surface area contributed by atoms with Gasteiger partial charge in [-0.15, -0.1) is 11.6 Å². The van der Waals surface area contributed by atoms with Crippen molar-refractivity contribution in [3.63, 3.8) is 0 Å². The Labute approximate surface area is 99.6 Å². The lowest BCUT2D eigenvalue weighted by Gasteiger charge is -2.26. The van der Waals surface area contributed by atoms with Crippen molar-refractivity contribution in [2.75, 3.05) is 6.61 Å². The van der Waals surface area contributed by atoms with Crippen LogP contribution in [0.15, 0.2) is 30.3 Å². The number of hydrogen-bond acceptors (Lipinski definition) is 1. The second-order valence-corrected chi connectivity index (χ2v) is 4.82. The van der Waals surface area contributed by atoms with Gasteiger partial charge in [0, 0.05) is 17.8 Å². The predicted molar refractivity (Wildman–Crippen MR) is 65.9 cm³/mol. The maximum Gasteiger partial charge on any atom is 0.114 e. The van der Waals surface area contributed by atoms with Gasteiger partial charge in [0.2, 0.25) is 0 Å². The summed E-state index contributed by atoms with van der Waals surface area (Å²) < 4.78 is 5.74. The van der Waals surface area contributed by atoms with Crippen LogP contribution in [0.2, 0.25) is 0 Å². The van der Waals surface area contributed by atoms with Crippen molar-refractivity contribution in [1.82, 2.24) is 4.98 Å². The average molecular weight is 236 g/mol. The molecule has 3 rings (SSSR count). The molecule has 84 valence electrons. The van der Waals surface area contributed by atoms with Crippen LogP contribution in [-0.2, 0) is 4.74 Å². The fourth-order valence-corrected chi connectivity index (χ4v) is 2.64. The van der Waals surface area contributed by atoms with Gasteiger partial charge in [0.25, 0.3) is 0 Å². The van der Waals surface area contributed by atoms with Crippen molar-refractivity contribution < 1.29 is 4.74 Å². The standard InChI is InChI=1S/C13H14ClNO/c14-10-5-3-7-16-13(10)12-8-9-4-1-2-6-11(9)15-12/h1-2,4,6,8,10,13,15H,3,5,7H2. The highest BCUT2D eigenvalue weighted by molar-refractivity contribution is 6.21. The summed E-state index contributed by atoms with van der Waals surface area (Å²) in [5, 5.41) is 1.30. The summed E-state index contributed by atoms with van der Waals surface area (Å²) in [6.07, 6.45) is 2.11. The molecule has 1 aliphatic heterocycles. The molecule has 0 radical (unpaired) electrons. The highest BCUT2D eigenvalue weighted by atomic mass is 35.5. The van der Waals surface area contributed by atoms with E-state index >= 15 is 0 Å². The molecule has 1 aromatic carbocycles. The van der Waals surface area contributed by atoms with Gasteiger partial charge in [0.1, 0.15) is 6.10 Å². The zero-order valence-electron chi connectivity index (χ0n) is 8.95. The van der Waals surface area contributed by atoms with Gasteiger partial charge < -0.3 is 9.72 Å². The zero-order valence-corrected chi connectivity index (χ0v) is 9.70. The van der Waals surface area contributed by atoms with Crippen LogP contribution in [0.5, 0.6) is 0 Å². The quantitative estimate of drug-likeness (QED) is 0.751. The minimum absolute atomic E-state index is 0.0165. The van der Waals surface area contributed by atoms with E-state index in [0.29, 0.717) is 0 Å². The molecule has 2 nitrogen and oxygen atoms in total. The van der Waals surface area contributed by atoms with Gasteiger partial charge in [0.05, 0.1) is 5.38 Å². The van der Waals surface area contributed by atoms with E-state index in [-0.39, 0.29) is 11.5 Å². The maximum absolute atomic E-state index is 6.30. The maximum atomic E-state index is 6.30. The van der Waals surface area contributed by atoms with Crippen LogP contribution in [0, 0.1) is 0 Å². The molecule has 0 amide bonds. The third-order valence-corrected chi connectivity index (χ3v) is 3.55. The number of H-pyrrole nitrogens is 1. The number of benzene rings is 1. The fourth-order valence-electron chi connectivity index (χ4n) is 2.28. The Bertz CT molecular complexity index is 460. The monoisotopic (exact) mass is 235 g/mol. The van der Waals surface area contributed by atoms with Crippen LogP contribution < -0.4 is 0 Å². The van der Waals surface area contributed by atoms with Crippen molar-refractivity contribution in [1.29, 1.82) is 0 Å². The third kappa shape index (κ3) is 1.72. The van der Waals surface area contributed by atoms with Crippen LogP contribution in [-0.4, -0.2) is 17.0 Å². The number of rotatable bonds is 1. The van der Waals surface area contributed by atoms with Gasteiger partial charge in [-0.2, -0.15) is 0 Å². The van der Waals surface area contributed by atoms with Crippen molar-refractivity contribution >= 4 is 22.5 Å². The lowest BCUT2D eigenvalue weighted by atomic mass is 10.1. The number of halogens is 1. The summed E-state index contributed by atoms with van der Waals surface area (Å²) in [5.74, 6) is 0. The molecule has 2 heterocycles. The molecule has 2 atom stereocenters. The Morgan fingerprint density at radius 3 is 3.00 bits per heavy atom. The number of aromatic amines is 1. The number of fused-ring (bicyclic) bond motifs is 1. The first-order valence-electron chi connectivity index (χ1n) is 5.68. The van der Waals surface area contributed by atoms with E-state index in [1.165, 1.54) is 5.39 Å². The molecule has 0 spiro atoms. The third-order valence-electron chi connectivity index (χ3n) is 3.11. The summed E-state index contributed by atoms with van der Waals surface area (Å²) >= 11 is 6.30. The van der Waals surface area contributed by atoms with E-state index in [1.54, 1.807) is 0 Å². The first-order chi connectivity index (χ1) is 7.84. The predicted octanol–water partition coefficient (Wildman–Crippen LogP) is 3.63. The van der Waals surface area contributed by atoms with Crippen LogP contribution in [0.3, 0.4) is 0 Å². The SMILES string of the molecule is ClC1CCCOC1c1cc2ccccc2[nH]1. The van der Waals surface area contributed by atoms with E-state index in [1.807, 2.05) is 12.1 Å². The highest BCUT2D eigenvalue weighted by Crippen LogP contribution is 2.33. The normalized spacial score (nSPS) is 26.1. The number of nitrogens with one attached hydrogen (secondary N) is 1. The minimum Gasteiger partial charge on any atom is -0.370 e. The molecule has 1 aromatic heterocycles. The van der Waals surface area contributed by atoms with Crippen LogP contribution in [0.25, 0.3) is 10.9 Å². The lowest BCUT2D eigenvalue weighted by molar-refractivity contribution is 0.0162. The molecular formula is C13H14ClNO. The number of hydrogen-bond donors (Lipinski definition) is 1. The average Bonchev–Trinajstić information content (AvgIpc) is 2.73. The molecule has 2 unspecified atom stereocenters. The van der Waals surface area contributed by atoms with Gasteiger partial charge >= 0.3 is 0 Å². The van der Waals surface area contributed by atoms with Gasteiger partial charge in [-0.3, -0.25) is 0 Å². The molecule has 0 saturated carbocycles. The fraction of sp³-hybridized carbons (Fsp3) is 0.385. The van der Waals surface area contributed by atoms with E-state index in [9.17, 15) is 0 Å². The van der Waals surface area contributed by atoms with Crippen molar-refractivity contribution in [3.05, 3.63) is 36.0 Å². The second-order valence-electron chi connectivity index (χ2n) is 4.26. The van der Waals surface area contributed by atoms with Crippen LogP contribution in [0.4, 0.5) is 0 Å². The molecule has 0 bridgehead atoms. The Kier molecular flexibility index (Phi) is 2.62. The highest BCUT2D eigenvalue weighted by Gasteiger charge is 2.26. The summed E-state index contributed by atoms with van der Waals surface area (Å²) in [6.45, 7) is 0.809. The summed E-state index contributed by atoms with van der Waals surface area (Å²) in [6, 6.07) is 10.4. The minimum atomic E-state index is 0.0165. The molecule has 2 aromatic rings. The van der Waals surface area contributed by atoms with Crippen molar-refractivity contribution in [3.8, 4) is 0 Å². The number of para-hydroxylation sites is 1. The number of aromatic nitrogens is 1. The first kappa shape index (κ1) is 10.2. The van der Waals surface area contributed by atoms with Crippen molar-refractivity contribution in [2.24, 2.45) is 0 Å². The van der Waals surface area contributed by atoms with E-state index in [0.717, 1.165) is 30.7 Å². The largest absolute Gasteiger partial charge is 0.370 e. The smallest absolute Gasteiger partial charge is 0.114 e. The Hall–Kier alpha value is -0.990. The number of alkyl halides is 1. The summed E-state index contributed by atoms with van der Waals surface area (Å²) in [4.78, 5) is 3.39. The Morgan fingerprint density at radius 2 is 2.19 bits per heavy atom. The number of ether oxygens (including phenoxy) is 1. The Morgan fingerprint density at radius 1 is 1.31 bits per heavy atom. The van der Waals surface area contributed by atoms with Crippen molar-refractivity contribution in [2.45, 2.75) is 24.3 Å². The zero-order chi connectivity index (χ0) is 11.0. The van der Waals surface area contributed by atoms with E-state index in [4.69, 9.17) is 16.3 Å². The molecule has 1 aliphatic rings. The van der Waals surface area contributed by atoms with Crippen LogP contribution in [0.1, 0.15) is 24.6 Å². The summed E-state index contributed by atoms with van der Waals surface area (Å²) in [7, 11) is 0. The van der Waals surface area contributed by atoms with E-state index < -0.39 is 0 Å². The van der Waals surface area contributed by atoms with Gasteiger partial charge in [-0.05, 0) is 30.4 Å². The topological polar surface area (TPSA) is 25.0 Å². The molecule has 3 heteroatoms.